The maximum absolute atomic E-state index is 10.9. The Morgan fingerprint density at radius 2 is 1.85 bits per heavy atom. The van der Waals surface area contributed by atoms with Crippen molar-refractivity contribution in [2.75, 3.05) is 0 Å². The van der Waals surface area contributed by atoms with Gasteiger partial charge in [0.15, 0.2) is 0 Å². The maximum atomic E-state index is 10.9. The van der Waals surface area contributed by atoms with E-state index < -0.39 is 4.92 Å². The molecule has 0 fully saturated rings. The monoisotopic (exact) mass is 336 g/mol. The Balaban J connectivity index is 2.39. The van der Waals surface area contributed by atoms with Crippen molar-refractivity contribution >= 4 is 21.6 Å². The van der Waals surface area contributed by atoms with Crippen LogP contribution < -0.4 is 4.74 Å². The first-order valence-corrected chi connectivity index (χ1v) is 6.73. The van der Waals surface area contributed by atoms with Gasteiger partial charge in [0.2, 0.25) is 5.88 Å². The minimum atomic E-state index is -0.394. The lowest BCUT2D eigenvalue weighted by molar-refractivity contribution is -0.385. The van der Waals surface area contributed by atoms with E-state index in [0.29, 0.717) is 22.8 Å². The summed E-state index contributed by atoms with van der Waals surface area (Å²) >= 11 is 3.34. The summed E-state index contributed by atoms with van der Waals surface area (Å²) in [6.45, 7) is 5.35. The van der Waals surface area contributed by atoms with Crippen LogP contribution in [0.1, 0.15) is 16.7 Å². The number of nitrogens with zero attached hydrogens (tertiary/aromatic N) is 2. The lowest BCUT2D eigenvalue weighted by Gasteiger charge is -2.11. The van der Waals surface area contributed by atoms with Gasteiger partial charge in [0.25, 0.3) is 5.69 Å². The fourth-order valence-electron chi connectivity index (χ4n) is 1.82. The molecule has 0 aliphatic heterocycles. The zero-order chi connectivity index (χ0) is 14.9. The molecule has 0 bridgehead atoms. The molecule has 0 amide bonds. The number of aromatic nitrogens is 1. The van der Waals surface area contributed by atoms with Gasteiger partial charge in [-0.2, -0.15) is 0 Å². The van der Waals surface area contributed by atoms with Crippen LogP contribution in [-0.2, 0) is 0 Å². The van der Waals surface area contributed by atoms with Crippen LogP contribution in [0.3, 0.4) is 0 Å². The van der Waals surface area contributed by atoms with Crippen molar-refractivity contribution in [3.8, 4) is 11.6 Å². The summed E-state index contributed by atoms with van der Waals surface area (Å²) < 4.78 is 6.63. The van der Waals surface area contributed by atoms with Crippen LogP contribution in [0.25, 0.3) is 0 Å². The Morgan fingerprint density at radius 1 is 1.15 bits per heavy atom. The molecule has 0 saturated carbocycles. The van der Waals surface area contributed by atoms with Gasteiger partial charge in [-0.1, -0.05) is 0 Å². The average molecular weight is 337 g/mol. The van der Waals surface area contributed by atoms with E-state index in [1.807, 2.05) is 13.0 Å². The van der Waals surface area contributed by atoms with Crippen molar-refractivity contribution < 1.29 is 9.66 Å². The van der Waals surface area contributed by atoms with Crippen LogP contribution in [-0.4, -0.2) is 9.91 Å². The molecule has 5 nitrogen and oxygen atoms in total. The summed E-state index contributed by atoms with van der Waals surface area (Å²) in [5.41, 5.74) is 2.24. The van der Waals surface area contributed by atoms with Crippen molar-refractivity contribution in [3.05, 3.63) is 55.7 Å². The molecule has 0 radical (unpaired) electrons. The van der Waals surface area contributed by atoms with E-state index in [1.165, 1.54) is 6.07 Å². The second-order valence-electron chi connectivity index (χ2n) is 4.54. The van der Waals surface area contributed by atoms with Gasteiger partial charge in [0, 0.05) is 27.9 Å². The zero-order valence-electron chi connectivity index (χ0n) is 11.3. The second-order valence-corrected chi connectivity index (χ2v) is 5.45. The van der Waals surface area contributed by atoms with E-state index in [1.54, 1.807) is 26.1 Å². The van der Waals surface area contributed by atoms with Crippen LogP contribution >= 0.6 is 15.9 Å². The predicted molar refractivity (Wildman–Crippen MR) is 79.3 cm³/mol. The van der Waals surface area contributed by atoms with Gasteiger partial charge in [-0.05, 0) is 54.4 Å². The van der Waals surface area contributed by atoms with E-state index in [2.05, 4.69) is 20.9 Å². The van der Waals surface area contributed by atoms with Gasteiger partial charge < -0.3 is 4.74 Å². The molecular weight excluding hydrogens is 324 g/mol. The second kappa shape index (κ2) is 5.58. The molecule has 1 heterocycles. The lowest BCUT2D eigenvalue weighted by Crippen LogP contribution is -1.97. The molecule has 1 aromatic heterocycles. The topological polar surface area (TPSA) is 65.3 Å². The summed E-state index contributed by atoms with van der Waals surface area (Å²) in [6.07, 6.45) is 1.65. The molecule has 0 unspecified atom stereocenters. The largest absolute Gasteiger partial charge is 0.438 e. The number of nitro groups is 1. The first kappa shape index (κ1) is 14.5. The number of hydrogen-bond donors (Lipinski definition) is 0. The molecule has 104 valence electrons. The molecule has 20 heavy (non-hydrogen) atoms. The fraction of sp³-hybridized carbons (Fsp3) is 0.214. The number of rotatable bonds is 3. The Bertz CT molecular complexity index is 686. The molecule has 0 aliphatic carbocycles. The predicted octanol–water partition coefficient (Wildman–Crippen LogP) is 4.47. The van der Waals surface area contributed by atoms with E-state index in [0.717, 1.165) is 10.0 Å². The van der Waals surface area contributed by atoms with Crippen molar-refractivity contribution in [1.82, 2.24) is 4.98 Å². The summed E-state index contributed by atoms with van der Waals surface area (Å²) in [6, 6.07) is 5.07. The number of hydrogen-bond acceptors (Lipinski definition) is 4. The van der Waals surface area contributed by atoms with E-state index in [4.69, 9.17) is 4.74 Å². The van der Waals surface area contributed by atoms with Gasteiger partial charge in [-0.3, -0.25) is 10.1 Å². The molecule has 6 heteroatoms. The smallest absolute Gasteiger partial charge is 0.272 e. The number of aryl methyl sites for hydroxylation is 3. The van der Waals surface area contributed by atoms with E-state index >= 15 is 0 Å². The highest BCUT2D eigenvalue weighted by atomic mass is 79.9. The Morgan fingerprint density at radius 3 is 2.45 bits per heavy atom. The average Bonchev–Trinajstić information content (AvgIpc) is 2.36. The molecule has 0 N–H and O–H groups in total. The van der Waals surface area contributed by atoms with Gasteiger partial charge >= 0.3 is 0 Å². The summed E-state index contributed by atoms with van der Waals surface area (Å²) in [4.78, 5) is 14.7. The molecular formula is C14H13BrN2O3. The molecule has 0 saturated heterocycles. The third kappa shape index (κ3) is 2.96. The molecule has 0 aliphatic rings. The zero-order valence-corrected chi connectivity index (χ0v) is 12.9. The third-order valence-electron chi connectivity index (χ3n) is 2.89. The first-order chi connectivity index (χ1) is 9.38. The molecule has 0 spiro atoms. The summed E-state index contributed by atoms with van der Waals surface area (Å²) in [5.74, 6) is 1.07. The molecule has 1 aromatic carbocycles. The Kier molecular flexibility index (Phi) is 4.04. The van der Waals surface area contributed by atoms with Gasteiger partial charge in [-0.15, -0.1) is 0 Å². The van der Waals surface area contributed by atoms with Crippen molar-refractivity contribution in [1.29, 1.82) is 0 Å². The Labute approximate surface area is 124 Å². The summed E-state index contributed by atoms with van der Waals surface area (Å²) in [5, 5.41) is 10.9. The van der Waals surface area contributed by atoms with E-state index in [9.17, 15) is 10.1 Å². The first-order valence-electron chi connectivity index (χ1n) is 5.94. The van der Waals surface area contributed by atoms with Crippen LogP contribution in [0, 0.1) is 30.9 Å². The van der Waals surface area contributed by atoms with Crippen molar-refractivity contribution in [2.24, 2.45) is 0 Å². The SMILES string of the molecule is Cc1cc([N+](=O)[O-])c(C)cc1Oc1ncc(Br)cc1C. The molecule has 2 aromatic rings. The van der Waals surface area contributed by atoms with Gasteiger partial charge in [-0.25, -0.2) is 4.98 Å². The summed E-state index contributed by atoms with van der Waals surface area (Å²) in [7, 11) is 0. The number of nitro benzene ring substituents is 1. The number of pyridine rings is 1. The lowest BCUT2D eigenvalue weighted by atomic mass is 10.1. The highest BCUT2D eigenvalue weighted by molar-refractivity contribution is 9.10. The fourth-order valence-corrected chi connectivity index (χ4v) is 2.27. The van der Waals surface area contributed by atoms with Crippen molar-refractivity contribution in [2.45, 2.75) is 20.8 Å². The molecule has 2 rings (SSSR count). The van der Waals surface area contributed by atoms with Crippen LogP contribution in [0.4, 0.5) is 5.69 Å². The minimum Gasteiger partial charge on any atom is -0.438 e. The number of benzene rings is 1. The molecule has 0 atom stereocenters. The van der Waals surface area contributed by atoms with Crippen LogP contribution in [0.2, 0.25) is 0 Å². The highest BCUT2D eigenvalue weighted by Crippen LogP contribution is 2.32. The van der Waals surface area contributed by atoms with E-state index in [-0.39, 0.29) is 5.69 Å². The third-order valence-corrected chi connectivity index (χ3v) is 3.33. The van der Waals surface area contributed by atoms with Gasteiger partial charge in [0.05, 0.1) is 4.92 Å². The quantitative estimate of drug-likeness (QED) is 0.612. The maximum Gasteiger partial charge on any atom is 0.272 e. The van der Waals surface area contributed by atoms with Gasteiger partial charge in [0.1, 0.15) is 5.75 Å². The van der Waals surface area contributed by atoms with Crippen LogP contribution in [0.15, 0.2) is 28.9 Å². The van der Waals surface area contributed by atoms with Crippen molar-refractivity contribution in [3.63, 3.8) is 0 Å². The minimum absolute atomic E-state index is 0.0929. The number of ether oxygens (including phenoxy) is 1. The standard InChI is InChI=1S/C14H13BrN2O3/c1-8-6-13(9(2)5-12(8)17(18)19)20-14-10(3)4-11(15)7-16-14/h4-7H,1-3H3. The number of halogens is 1. The Hall–Kier alpha value is -1.95. The highest BCUT2D eigenvalue weighted by Gasteiger charge is 2.15. The van der Waals surface area contributed by atoms with Crippen LogP contribution in [0.5, 0.6) is 11.6 Å². The normalized spacial score (nSPS) is 10.4.